The molecule has 1 aromatic rings. The summed E-state index contributed by atoms with van der Waals surface area (Å²) in [4.78, 5) is 15.7. The summed E-state index contributed by atoms with van der Waals surface area (Å²) >= 11 is 3.98. The molecule has 84 valence electrons. The zero-order valence-electron chi connectivity index (χ0n) is 8.89. The number of aryl methyl sites for hydroxylation is 1. The fraction of sp³-hybridized carbons (Fsp3) is 0.333. The van der Waals surface area contributed by atoms with Crippen LogP contribution in [0.2, 0.25) is 0 Å². The monoisotopic (exact) mass is 234 g/mol. The van der Waals surface area contributed by atoms with Crippen LogP contribution in [-0.4, -0.2) is 17.5 Å². The molecule has 1 aliphatic carbocycles. The number of amides is 1. The van der Waals surface area contributed by atoms with Crippen LogP contribution in [0.5, 0.6) is 0 Å². The van der Waals surface area contributed by atoms with Gasteiger partial charge in [-0.3, -0.25) is 4.79 Å². The molecular weight excluding hydrogens is 220 g/mol. The first-order valence-electron chi connectivity index (χ1n) is 5.28. The maximum Gasteiger partial charge on any atom is 0.254 e. The maximum atomic E-state index is 11.9. The van der Waals surface area contributed by atoms with Crippen LogP contribution in [0, 0.1) is 0 Å². The quantitative estimate of drug-likeness (QED) is 0.463. The van der Waals surface area contributed by atoms with Gasteiger partial charge in [0.15, 0.2) is 0 Å². The minimum Gasteiger partial charge on any atom is -0.386 e. The third-order valence-electron chi connectivity index (χ3n) is 2.85. The Hall–Kier alpha value is -1.29. The molecule has 0 aromatic heterocycles. The molecule has 2 rings (SSSR count). The number of aliphatic imine (C=N–C) groups is 1. The van der Waals surface area contributed by atoms with E-state index in [9.17, 15) is 4.79 Å². The summed E-state index contributed by atoms with van der Waals surface area (Å²) in [5.74, 6) is 0.351. The molecule has 0 fully saturated rings. The number of benzene rings is 1. The molecule has 0 saturated carbocycles. The second-order valence-electron chi connectivity index (χ2n) is 3.89. The molecule has 0 heterocycles. The lowest BCUT2D eigenvalue weighted by Gasteiger charge is -2.06. The summed E-state index contributed by atoms with van der Waals surface area (Å²) in [5.41, 5.74) is 7.86. The third kappa shape index (κ3) is 2.11. The number of carbonyl (C=O) groups excluding carboxylic acids is 1. The number of hydrogen-bond donors (Lipinski definition) is 2. The largest absolute Gasteiger partial charge is 0.386 e. The normalized spacial score (nSPS) is 19.6. The minimum absolute atomic E-state index is 0.116. The van der Waals surface area contributed by atoms with E-state index in [2.05, 4.69) is 23.7 Å². The fourth-order valence-corrected chi connectivity index (χ4v) is 2.14. The topological polar surface area (TPSA) is 55.4 Å². The van der Waals surface area contributed by atoms with Crippen LogP contribution < -0.4 is 5.73 Å². The summed E-state index contributed by atoms with van der Waals surface area (Å²) < 4.78 is 0. The molecule has 4 heteroatoms. The van der Waals surface area contributed by atoms with Gasteiger partial charge in [0.2, 0.25) is 0 Å². The van der Waals surface area contributed by atoms with Crippen molar-refractivity contribution in [3.63, 3.8) is 0 Å². The lowest BCUT2D eigenvalue weighted by atomic mass is 10.0. The number of carbonyl (C=O) groups is 1. The SMILES string of the molecule is NC(CS)=NC(=O)C1CCc2ccccc21. The van der Waals surface area contributed by atoms with E-state index in [1.807, 2.05) is 18.2 Å². The van der Waals surface area contributed by atoms with Gasteiger partial charge in [0.1, 0.15) is 5.84 Å². The molecule has 1 amide bonds. The number of nitrogens with two attached hydrogens (primary N) is 1. The molecule has 0 saturated heterocycles. The molecular formula is C12H14N2OS. The summed E-state index contributed by atoms with van der Waals surface area (Å²) in [7, 11) is 0. The molecule has 1 atom stereocenters. The van der Waals surface area contributed by atoms with Gasteiger partial charge in [0, 0.05) is 5.75 Å². The number of thiol groups is 1. The van der Waals surface area contributed by atoms with Crippen molar-refractivity contribution in [1.82, 2.24) is 0 Å². The van der Waals surface area contributed by atoms with E-state index in [1.54, 1.807) is 0 Å². The Kier molecular flexibility index (Phi) is 3.29. The predicted octanol–water partition coefficient (Wildman–Crippen LogP) is 1.53. The minimum atomic E-state index is -0.142. The Bertz CT molecular complexity index is 442. The highest BCUT2D eigenvalue weighted by molar-refractivity contribution is 7.81. The number of nitrogens with zero attached hydrogens (tertiary/aromatic N) is 1. The highest BCUT2D eigenvalue weighted by Crippen LogP contribution is 2.33. The molecule has 0 radical (unpaired) electrons. The molecule has 0 spiro atoms. The van der Waals surface area contributed by atoms with Crippen LogP contribution in [-0.2, 0) is 11.2 Å². The zero-order chi connectivity index (χ0) is 11.5. The highest BCUT2D eigenvalue weighted by atomic mass is 32.1. The second kappa shape index (κ2) is 4.70. The summed E-state index contributed by atoms with van der Waals surface area (Å²) in [6.07, 6.45) is 1.78. The number of fused-ring (bicyclic) bond motifs is 1. The van der Waals surface area contributed by atoms with Gasteiger partial charge in [0.05, 0.1) is 5.92 Å². The summed E-state index contributed by atoms with van der Waals surface area (Å²) in [5, 5.41) is 0. The summed E-state index contributed by atoms with van der Waals surface area (Å²) in [6, 6.07) is 8.01. The van der Waals surface area contributed by atoms with Gasteiger partial charge in [-0.2, -0.15) is 17.6 Å². The van der Waals surface area contributed by atoms with E-state index in [1.165, 1.54) is 5.56 Å². The van der Waals surface area contributed by atoms with Crippen LogP contribution in [0.25, 0.3) is 0 Å². The smallest absolute Gasteiger partial charge is 0.254 e. The first kappa shape index (κ1) is 11.2. The van der Waals surface area contributed by atoms with Crippen molar-refractivity contribution in [3.05, 3.63) is 35.4 Å². The van der Waals surface area contributed by atoms with Crippen molar-refractivity contribution in [1.29, 1.82) is 0 Å². The zero-order valence-corrected chi connectivity index (χ0v) is 9.78. The van der Waals surface area contributed by atoms with Crippen molar-refractivity contribution < 1.29 is 4.79 Å². The van der Waals surface area contributed by atoms with E-state index in [0.29, 0.717) is 5.75 Å². The third-order valence-corrected chi connectivity index (χ3v) is 3.17. The molecule has 2 N–H and O–H groups in total. The van der Waals surface area contributed by atoms with Crippen LogP contribution in [0.15, 0.2) is 29.3 Å². The van der Waals surface area contributed by atoms with Crippen molar-refractivity contribution in [2.45, 2.75) is 18.8 Å². The van der Waals surface area contributed by atoms with Gasteiger partial charge in [-0.1, -0.05) is 24.3 Å². The highest BCUT2D eigenvalue weighted by Gasteiger charge is 2.27. The summed E-state index contributed by atoms with van der Waals surface area (Å²) in [6.45, 7) is 0. The number of amidine groups is 1. The molecule has 1 aromatic carbocycles. The lowest BCUT2D eigenvalue weighted by molar-refractivity contribution is -0.119. The average Bonchev–Trinajstić information content (AvgIpc) is 2.72. The van der Waals surface area contributed by atoms with E-state index in [0.717, 1.165) is 18.4 Å². The van der Waals surface area contributed by atoms with Crippen LogP contribution in [0.4, 0.5) is 0 Å². The molecule has 1 aliphatic rings. The standard InChI is InChI=1S/C12H14N2OS/c13-11(7-16)14-12(15)10-6-5-8-3-1-2-4-9(8)10/h1-4,10,16H,5-7H2,(H2,13,14,15). The van der Waals surface area contributed by atoms with Crippen molar-refractivity contribution in [2.24, 2.45) is 10.7 Å². The number of hydrogen-bond acceptors (Lipinski definition) is 2. The molecule has 0 bridgehead atoms. The fourth-order valence-electron chi connectivity index (χ4n) is 2.07. The van der Waals surface area contributed by atoms with Crippen molar-refractivity contribution in [3.8, 4) is 0 Å². The number of rotatable bonds is 2. The van der Waals surface area contributed by atoms with Gasteiger partial charge in [-0.25, -0.2) is 0 Å². The molecule has 16 heavy (non-hydrogen) atoms. The Morgan fingerprint density at radius 3 is 3.00 bits per heavy atom. The first-order chi connectivity index (χ1) is 7.72. The second-order valence-corrected chi connectivity index (χ2v) is 4.21. The Balaban J connectivity index is 2.23. The van der Waals surface area contributed by atoms with E-state index < -0.39 is 0 Å². The van der Waals surface area contributed by atoms with Gasteiger partial charge in [-0.15, -0.1) is 0 Å². The van der Waals surface area contributed by atoms with E-state index >= 15 is 0 Å². The van der Waals surface area contributed by atoms with Crippen LogP contribution in [0.1, 0.15) is 23.5 Å². The predicted molar refractivity (Wildman–Crippen MR) is 68.0 cm³/mol. The molecule has 0 aliphatic heterocycles. The van der Waals surface area contributed by atoms with Crippen molar-refractivity contribution in [2.75, 3.05) is 5.75 Å². The maximum absolute atomic E-state index is 11.9. The van der Waals surface area contributed by atoms with Gasteiger partial charge < -0.3 is 5.73 Å². The van der Waals surface area contributed by atoms with Gasteiger partial charge in [0.25, 0.3) is 5.91 Å². The van der Waals surface area contributed by atoms with Crippen LogP contribution >= 0.6 is 12.6 Å². The van der Waals surface area contributed by atoms with Gasteiger partial charge in [-0.05, 0) is 24.0 Å². The molecule has 3 nitrogen and oxygen atoms in total. The Morgan fingerprint density at radius 1 is 1.50 bits per heavy atom. The average molecular weight is 234 g/mol. The molecule has 1 unspecified atom stereocenters. The van der Waals surface area contributed by atoms with E-state index in [-0.39, 0.29) is 17.7 Å². The van der Waals surface area contributed by atoms with Crippen LogP contribution in [0.3, 0.4) is 0 Å². The van der Waals surface area contributed by atoms with E-state index in [4.69, 9.17) is 5.73 Å². The van der Waals surface area contributed by atoms with Gasteiger partial charge >= 0.3 is 0 Å². The Labute approximate surface area is 100 Å². The van der Waals surface area contributed by atoms with Crippen molar-refractivity contribution >= 4 is 24.4 Å². The first-order valence-corrected chi connectivity index (χ1v) is 5.91. The Morgan fingerprint density at radius 2 is 2.25 bits per heavy atom. The lowest BCUT2D eigenvalue weighted by Crippen LogP contribution is -2.18.